The number of hydrogen-bond donors (Lipinski definition) is 1. The second kappa shape index (κ2) is 2.98. The Hall–Kier alpha value is -0.610. The molecule has 1 rings (SSSR count). The van der Waals surface area contributed by atoms with Crippen molar-refractivity contribution in [3.8, 4) is 0 Å². The van der Waals surface area contributed by atoms with Gasteiger partial charge in [0.2, 0.25) is 0 Å². The highest BCUT2D eigenvalue weighted by Gasteiger charge is 2.28. The van der Waals surface area contributed by atoms with E-state index in [1.807, 2.05) is 0 Å². The summed E-state index contributed by atoms with van der Waals surface area (Å²) in [6, 6.07) is 0. The minimum atomic E-state index is -0.952. The van der Waals surface area contributed by atoms with E-state index in [-0.39, 0.29) is 6.10 Å². The molecule has 1 aliphatic rings. The third-order valence-electron chi connectivity index (χ3n) is 1.43. The van der Waals surface area contributed by atoms with Crippen molar-refractivity contribution in [1.82, 2.24) is 0 Å². The summed E-state index contributed by atoms with van der Waals surface area (Å²) in [6.45, 7) is 2.56. The molecule has 58 valence electrons. The third-order valence-corrected chi connectivity index (χ3v) is 1.43. The molecule has 0 spiro atoms. The predicted molar refractivity (Wildman–Crippen MR) is 32.8 cm³/mol. The lowest BCUT2D eigenvalue weighted by molar-refractivity contribution is -0.177. The number of ether oxygens (including phenoxy) is 2. The van der Waals surface area contributed by atoms with Gasteiger partial charge in [0.15, 0.2) is 6.10 Å². The first-order valence-corrected chi connectivity index (χ1v) is 3.18. The highest BCUT2D eigenvalue weighted by atomic mass is 16.6. The first-order chi connectivity index (χ1) is 4.72. The molecule has 1 heterocycles. The van der Waals surface area contributed by atoms with Gasteiger partial charge in [0.25, 0.3) is 0 Å². The van der Waals surface area contributed by atoms with Crippen molar-refractivity contribution < 1.29 is 19.4 Å². The van der Waals surface area contributed by atoms with Gasteiger partial charge in [-0.3, -0.25) is 0 Å². The van der Waals surface area contributed by atoms with Gasteiger partial charge in [-0.15, -0.1) is 0 Å². The number of carboxylic acid groups (broad SMARTS) is 1. The molecule has 1 N–H and O–H groups in total. The maximum Gasteiger partial charge on any atom is 0.335 e. The Kier molecular flexibility index (Phi) is 2.24. The van der Waals surface area contributed by atoms with Crippen LogP contribution in [0, 0.1) is 0 Å². The van der Waals surface area contributed by atoms with Crippen molar-refractivity contribution in [3.05, 3.63) is 0 Å². The van der Waals surface area contributed by atoms with Crippen LogP contribution in [0.4, 0.5) is 0 Å². The maximum absolute atomic E-state index is 10.4. The van der Waals surface area contributed by atoms with Gasteiger partial charge in [0.1, 0.15) is 0 Å². The quantitative estimate of drug-likeness (QED) is 0.560. The van der Waals surface area contributed by atoms with Crippen LogP contribution < -0.4 is 0 Å². The molecule has 10 heavy (non-hydrogen) atoms. The lowest BCUT2D eigenvalue weighted by Gasteiger charge is -2.25. The van der Waals surface area contributed by atoms with E-state index < -0.39 is 12.1 Å². The van der Waals surface area contributed by atoms with Crippen LogP contribution in [-0.2, 0) is 14.3 Å². The van der Waals surface area contributed by atoms with E-state index in [0.29, 0.717) is 13.2 Å². The average molecular weight is 146 g/mol. The van der Waals surface area contributed by atoms with E-state index in [9.17, 15) is 4.79 Å². The van der Waals surface area contributed by atoms with Crippen molar-refractivity contribution in [1.29, 1.82) is 0 Å². The Balaban J connectivity index is 2.47. The van der Waals surface area contributed by atoms with Gasteiger partial charge >= 0.3 is 5.97 Å². The predicted octanol–water partition coefficient (Wildman–Crippen LogP) is -0.125. The lowest BCUT2D eigenvalue weighted by Crippen LogP contribution is -2.41. The fourth-order valence-electron chi connectivity index (χ4n) is 0.904. The molecule has 4 heteroatoms. The van der Waals surface area contributed by atoms with E-state index in [1.165, 1.54) is 0 Å². The van der Waals surface area contributed by atoms with Crippen LogP contribution in [0.15, 0.2) is 0 Å². The van der Waals surface area contributed by atoms with Crippen LogP contribution >= 0.6 is 0 Å². The molecule has 4 nitrogen and oxygen atoms in total. The van der Waals surface area contributed by atoms with Crippen molar-refractivity contribution in [3.63, 3.8) is 0 Å². The molecule has 0 saturated carbocycles. The van der Waals surface area contributed by atoms with Crippen molar-refractivity contribution in [2.75, 3.05) is 13.2 Å². The topological polar surface area (TPSA) is 55.8 Å². The molecule has 0 aliphatic carbocycles. The monoisotopic (exact) mass is 146 g/mol. The van der Waals surface area contributed by atoms with Gasteiger partial charge in [0, 0.05) is 0 Å². The number of hydrogen-bond acceptors (Lipinski definition) is 3. The van der Waals surface area contributed by atoms with Crippen molar-refractivity contribution >= 4 is 5.97 Å². The zero-order chi connectivity index (χ0) is 7.56. The molecule has 1 saturated heterocycles. The zero-order valence-electron chi connectivity index (χ0n) is 5.74. The first kappa shape index (κ1) is 7.50. The molecule has 0 radical (unpaired) electrons. The highest BCUT2D eigenvalue weighted by molar-refractivity contribution is 5.73. The average Bonchev–Trinajstić information content (AvgIpc) is 1.88. The van der Waals surface area contributed by atoms with E-state index in [0.717, 1.165) is 0 Å². The van der Waals surface area contributed by atoms with E-state index in [2.05, 4.69) is 0 Å². The molecule has 0 unspecified atom stereocenters. The van der Waals surface area contributed by atoms with E-state index >= 15 is 0 Å². The summed E-state index contributed by atoms with van der Waals surface area (Å²) in [6.07, 6.45) is -1.11. The van der Waals surface area contributed by atoms with Gasteiger partial charge in [-0.2, -0.15) is 0 Å². The summed E-state index contributed by atoms with van der Waals surface area (Å²) in [4.78, 5) is 10.4. The minimum Gasteiger partial charge on any atom is -0.479 e. The Morgan fingerprint density at radius 2 is 2.10 bits per heavy atom. The Morgan fingerprint density at radius 3 is 2.50 bits per heavy atom. The lowest BCUT2D eigenvalue weighted by atomic mass is 10.2. The molecule has 0 aromatic heterocycles. The van der Waals surface area contributed by atoms with Gasteiger partial charge in [-0.25, -0.2) is 4.79 Å². The van der Waals surface area contributed by atoms with Crippen LogP contribution in [-0.4, -0.2) is 36.5 Å². The van der Waals surface area contributed by atoms with Gasteiger partial charge in [-0.1, -0.05) is 0 Å². The van der Waals surface area contributed by atoms with Crippen molar-refractivity contribution in [2.45, 2.75) is 19.1 Å². The molecular formula is C6H10O4. The molecule has 1 fully saturated rings. The number of rotatable bonds is 1. The van der Waals surface area contributed by atoms with Gasteiger partial charge in [-0.05, 0) is 6.92 Å². The smallest absolute Gasteiger partial charge is 0.335 e. The van der Waals surface area contributed by atoms with Crippen LogP contribution in [0.25, 0.3) is 0 Å². The number of carboxylic acids is 1. The maximum atomic E-state index is 10.4. The summed E-state index contributed by atoms with van der Waals surface area (Å²) >= 11 is 0. The normalized spacial score (nSPS) is 33.7. The van der Waals surface area contributed by atoms with Crippen LogP contribution in [0.5, 0.6) is 0 Å². The fourth-order valence-corrected chi connectivity index (χ4v) is 0.904. The summed E-state index contributed by atoms with van der Waals surface area (Å²) in [7, 11) is 0. The Morgan fingerprint density at radius 1 is 1.50 bits per heavy atom. The van der Waals surface area contributed by atoms with Crippen LogP contribution in [0.3, 0.4) is 0 Å². The van der Waals surface area contributed by atoms with E-state index in [1.54, 1.807) is 6.92 Å². The zero-order valence-corrected chi connectivity index (χ0v) is 5.74. The SMILES string of the molecule is C[C@H]1OCCO[C@H]1C(=O)O. The van der Waals surface area contributed by atoms with Crippen LogP contribution in [0.1, 0.15) is 6.92 Å². The van der Waals surface area contributed by atoms with Crippen molar-refractivity contribution in [2.24, 2.45) is 0 Å². The molecule has 0 bridgehead atoms. The molecule has 0 aromatic rings. The summed E-state index contributed by atoms with van der Waals surface area (Å²) in [5.74, 6) is -0.952. The fraction of sp³-hybridized carbons (Fsp3) is 0.833. The molecular weight excluding hydrogens is 136 g/mol. The Labute approximate surface area is 58.7 Å². The molecule has 2 atom stereocenters. The van der Waals surface area contributed by atoms with E-state index in [4.69, 9.17) is 14.6 Å². The summed E-state index contributed by atoms with van der Waals surface area (Å²) < 4.78 is 9.97. The van der Waals surface area contributed by atoms with Gasteiger partial charge in [0.05, 0.1) is 19.3 Å². The number of carbonyl (C=O) groups is 1. The third kappa shape index (κ3) is 1.46. The first-order valence-electron chi connectivity index (χ1n) is 3.18. The Bertz CT molecular complexity index is 134. The van der Waals surface area contributed by atoms with Crippen LogP contribution in [0.2, 0.25) is 0 Å². The second-order valence-corrected chi connectivity index (χ2v) is 2.21. The molecule has 0 amide bonds. The summed E-state index contributed by atoms with van der Waals surface area (Å²) in [5, 5.41) is 8.50. The highest BCUT2D eigenvalue weighted by Crippen LogP contribution is 2.08. The van der Waals surface area contributed by atoms with Gasteiger partial charge < -0.3 is 14.6 Å². The molecule has 0 aromatic carbocycles. The largest absolute Gasteiger partial charge is 0.479 e. The minimum absolute atomic E-state index is 0.328. The molecule has 1 aliphatic heterocycles. The second-order valence-electron chi connectivity index (χ2n) is 2.21. The number of aliphatic carboxylic acids is 1. The summed E-state index contributed by atoms with van der Waals surface area (Å²) in [5.41, 5.74) is 0. The standard InChI is InChI=1S/C6H10O4/c1-4-5(6(7)8)10-3-2-9-4/h4-5H,2-3H2,1H3,(H,7,8)/t4-,5-/m1/s1.